The maximum absolute atomic E-state index is 12.4. The topological polar surface area (TPSA) is 46.3 Å². The molecule has 1 aromatic rings. The van der Waals surface area contributed by atoms with Gasteiger partial charge in [0.05, 0.1) is 5.56 Å². The molecule has 1 heterocycles. The highest BCUT2D eigenvalue weighted by atomic mass is 79.9. The molecule has 0 aliphatic carbocycles. The lowest BCUT2D eigenvalue weighted by molar-refractivity contribution is 0.0622. The first-order valence-electron chi connectivity index (χ1n) is 5.99. The number of rotatable bonds is 2. The molecule has 1 aromatic carbocycles. The van der Waals surface area contributed by atoms with Gasteiger partial charge in [0.2, 0.25) is 0 Å². The molecule has 0 bridgehead atoms. The third kappa shape index (κ3) is 2.69. The van der Waals surface area contributed by atoms with E-state index in [1.54, 1.807) is 0 Å². The first kappa shape index (κ1) is 12.6. The number of likely N-dealkylation sites (tertiary alicyclic amines) is 1. The van der Waals surface area contributed by atoms with Gasteiger partial charge < -0.3 is 10.6 Å². The van der Waals surface area contributed by atoms with Crippen LogP contribution in [-0.4, -0.2) is 29.9 Å². The number of halogens is 1. The van der Waals surface area contributed by atoms with Gasteiger partial charge in [0.25, 0.3) is 5.91 Å². The van der Waals surface area contributed by atoms with Gasteiger partial charge in [0, 0.05) is 23.6 Å². The number of amides is 1. The van der Waals surface area contributed by atoms with Gasteiger partial charge in [-0.15, -0.1) is 0 Å². The monoisotopic (exact) mass is 296 g/mol. The van der Waals surface area contributed by atoms with Crippen LogP contribution < -0.4 is 5.73 Å². The Hall–Kier alpha value is -0.870. The third-order valence-electron chi connectivity index (χ3n) is 3.26. The molecular weight excluding hydrogens is 280 g/mol. The van der Waals surface area contributed by atoms with Crippen molar-refractivity contribution in [2.24, 2.45) is 5.73 Å². The number of hydrogen-bond acceptors (Lipinski definition) is 2. The molecule has 3 nitrogen and oxygen atoms in total. The van der Waals surface area contributed by atoms with Crippen molar-refractivity contribution in [3.05, 3.63) is 34.3 Å². The summed E-state index contributed by atoms with van der Waals surface area (Å²) in [5, 5.41) is 0. The summed E-state index contributed by atoms with van der Waals surface area (Å²) in [4.78, 5) is 14.4. The van der Waals surface area contributed by atoms with Crippen molar-refractivity contribution in [1.82, 2.24) is 4.90 Å². The van der Waals surface area contributed by atoms with E-state index in [1.165, 1.54) is 6.42 Å². The molecular formula is C13H17BrN2O. The number of nitrogens with two attached hydrogens (primary N) is 1. The molecule has 0 saturated carbocycles. The molecule has 0 radical (unpaired) electrons. The summed E-state index contributed by atoms with van der Waals surface area (Å²) < 4.78 is 0.853. The Bertz CT molecular complexity index is 408. The van der Waals surface area contributed by atoms with Crippen LogP contribution >= 0.6 is 15.9 Å². The minimum atomic E-state index is 0.0904. The van der Waals surface area contributed by atoms with Crippen LogP contribution in [0, 0.1) is 0 Å². The largest absolute Gasteiger partial charge is 0.334 e. The summed E-state index contributed by atoms with van der Waals surface area (Å²) in [6.07, 6.45) is 3.26. The molecule has 4 heteroatoms. The number of benzene rings is 1. The quantitative estimate of drug-likeness (QED) is 0.911. The minimum absolute atomic E-state index is 0.0904. The molecule has 1 aliphatic rings. The van der Waals surface area contributed by atoms with E-state index in [2.05, 4.69) is 15.9 Å². The smallest absolute Gasteiger partial charge is 0.255 e. The number of hydrogen-bond donors (Lipinski definition) is 1. The predicted octanol–water partition coefficient (Wildman–Crippen LogP) is 2.40. The third-order valence-corrected chi connectivity index (χ3v) is 3.96. The maximum Gasteiger partial charge on any atom is 0.255 e. The van der Waals surface area contributed by atoms with Crippen molar-refractivity contribution in [2.75, 3.05) is 13.1 Å². The molecule has 0 spiro atoms. The van der Waals surface area contributed by atoms with Gasteiger partial charge in [-0.05, 0) is 47.3 Å². The summed E-state index contributed by atoms with van der Waals surface area (Å²) in [5.41, 5.74) is 6.47. The van der Waals surface area contributed by atoms with Gasteiger partial charge >= 0.3 is 0 Å². The van der Waals surface area contributed by atoms with E-state index in [-0.39, 0.29) is 11.9 Å². The summed E-state index contributed by atoms with van der Waals surface area (Å²) >= 11 is 3.43. The van der Waals surface area contributed by atoms with Crippen molar-refractivity contribution in [3.8, 4) is 0 Å². The van der Waals surface area contributed by atoms with Gasteiger partial charge in [0.15, 0.2) is 0 Å². The Labute approximate surface area is 110 Å². The van der Waals surface area contributed by atoms with E-state index in [0.29, 0.717) is 6.54 Å². The van der Waals surface area contributed by atoms with E-state index >= 15 is 0 Å². The van der Waals surface area contributed by atoms with Gasteiger partial charge in [-0.1, -0.05) is 12.1 Å². The Kier molecular flexibility index (Phi) is 4.18. The van der Waals surface area contributed by atoms with E-state index in [4.69, 9.17) is 5.73 Å². The normalized spacial score (nSPS) is 20.4. The SMILES string of the molecule is NC[C@H]1CCCCN1C(=O)c1ccccc1Br. The Morgan fingerprint density at radius 3 is 2.88 bits per heavy atom. The zero-order valence-electron chi connectivity index (χ0n) is 9.73. The molecule has 1 aliphatic heterocycles. The fraction of sp³-hybridized carbons (Fsp3) is 0.462. The molecule has 1 amide bonds. The molecule has 0 aromatic heterocycles. The van der Waals surface area contributed by atoms with Crippen LogP contribution in [-0.2, 0) is 0 Å². The maximum atomic E-state index is 12.4. The molecule has 2 rings (SSSR count). The first-order chi connectivity index (χ1) is 8.24. The average Bonchev–Trinajstić information content (AvgIpc) is 2.38. The Balaban J connectivity index is 2.21. The fourth-order valence-electron chi connectivity index (χ4n) is 2.30. The second-order valence-corrected chi connectivity index (χ2v) is 5.22. The zero-order valence-corrected chi connectivity index (χ0v) is 11.3. The van der Waals surface area contributed by atoms with E-state index in [1.807, 2.05) is 29.2 Å². The average molecular weight is 297 g/mol. The molecule has 1 atom stereocenters. The standard InChI is InChI=1S/C13H17BrN2O/c14-12-7-2-1-6-11(12)13(17)16-8-4-3-5-10(16)9-15/h1-2,6-7,10H,3-5,8-9,15H2/t10-/m1/s1. The number of carbonyl (C=O) groups is 1. The lowest BCUT2D eigenvalue weighted by atomic mass is 10.0. The van der Waals surface area contributed by atoms with Crippen molar-refractivity contribution in [2.45, 2.75) is 25.3 Å². The molecule has 92 valence electrons. The van der Waals surface area contributed by atoms with Crippen LogP contribution in [0.2, 0.25) is 0 Å². The van der Waals surface area contributed by atoms with E-state index in [0.717, 1.165) is 29.4 Å². The van der Waals surface area contributed by atoms with Crippen LogP contribution in [0.4, 0.5) is 0 Å². The van der Waals surface area contributed by atoms with Crippen LogP contribution in [0.5, 0.6) is 0 Å². The van der Waals surface area contributed by atoms with E-state index in [9.17, 15) is 4.79 Å². The summed E-state index contributed by atoms with van der Waals surface area (Å²) in [7, 11) is 0. The van der Waals surface area contributed by atoms with Crippen molar-refractivity contribution in [3.63, 3.8) is 0 Å². The number of piperidine rings is 1. The molecule has 17 heavy (non-hydrogen) atoms. The predicted molar refractivity (Wildman–Crippen MR) is 71.9 cm³/mol. The highest BCUT2D eigenvalue weighted by molar-refractivity contribution is 9.10. The van der Waals surface area contributed by atoms with Gasteiger partial charge in [-0.2, -0.15) is 0 Å². The lowest BCUT2D eigenvalue weighted by Crippen LogP contribution is -2.47. The summed E-state index contributed by atoms with van der Waals surface area (Å²) in [6, 6.07) is 7.75. The van der Waals surface area contributed by atoms with E-state index < -0.39 is 0 Å². The molecule has 0 unspecified atom stereocenters. The van der Waals surface area contributed by atoms with Crippen molar-refractivity contribution >= 4 is 21.8 Å². The lowest BCUT2D eigenvalue weighted by Gasteiger charge is -2.35. The van der Waals surface area contributed by atoms with Crippen LogP contribution in [0.1, 0.15) is 29.6 Å². The minimum Gasteiger partial charge on any atom is -0.334 e. The summed E-state index contributed by atoms with van der Waals surface area (Å²) in [6.45, 7) is 1.37. The first-order valence-corrected chi connectivity index (χ1v) is 6.79. The highest BCUT2D eigenvalue weighted by Gasteiger charge is 2.27. The van der Waals surface area contributed by atoms with Crippen LogP contribution in [0.15, 0.2) is 28.7 Å². The number of nitrogens with zero attached hydrogens (tertiary/aromatic N) is 1. The zero-order chi connectivity index (χ0) is 12.3. The van der Waals surface area contributed by atoms with Crippen molar-refractivity contribution in [1.29, 1.82) is 0 Å². The number of carbonyl (C=O) groups excluding carboxylic acids is 1. The highest BCUT2D eigenvalue weighted by Crippen LogP contribution is 2.23. The van der Waals surface area contributed by atoms with Gasteiger partial charge in [-0.3, -0.25) is 4.79 Å². The van der Waals surface area contributed by atoms with Gasteiger partial charge in [-0.25, -0.2) is 0 Å². The van der Waals surface area contributed by atoms with Crippen LogP contribution in [0.3, 0.4) is 0 Å². The Morgan fingerprint density at radius 1 is 1.41 bits per heavy atom. The fourth-order valence-corrected chi connectivity index (χ4v) is 2.76. The summed E-state index contributed by atoms with van der Waals surface area (Å²) in [5.74, 6) is 0.0904. The second-order valence-electron chi connectivity index (χ2n) is 4.36. The van der Waals surface area contributed by atoms with Crippen LogP contribution in [0.25, 0.3) is 0 Å². The van der Waals surface area contributed by atoms with Crippen molar-refractivity contribution < 1.29 is 4.79 Å². The molecule has 1 fully saturated rings. The second kappa shape index (κ2) is 5.65. The van der Waals surface area contributed by atoms with Gasteiger partial charge in [0.1, 0.15) is 0 Å². The molecule has 2 N–H and O–H groups in total. The molecule has 1 saturated heterocycles. The Morgan fingerprint density at radius 2 is 2.18 bits per heavy atom.